The van der Waals surface area contributed by atoms with E-state index in [9.17, 15) is 9.18 Å². The van der Waals surface area contributed by atoms with Gasteiger partial charge >= 0.3 is 6.09 Å². The van der Waals surface area contributed by atoms with E-state index in [2.05, 4.69) is 0 Å². The van der Waals surface area contributed by atoms with Gasteiger partial charge in [-0.3, -0.25) is 0 Å². The molecule has 2 aliphatic rings. The molecule has 1 amide bonds. The Morgan fingerprint density at radius 1 is 1.35 bits per heavy atom. The molecule has 1 aliphatic heterocycles. The summed E-state index contributed by atoms with van der Waals surface area (Å²) in [5.74, 6) is -0.207. The Morgan fingerprint density at radius 2 is 2.00 bits per heavy atom. The zero-order valence-electron chi connectivity index (χ0n) is 14.1. The minimum atomic E-state index is -0.488. The average molecular weight is 320 g/mol. The normalized spacial score (nSPS) is 23.0. The van der Waals surface area contributed by atoms with Gasteiger partial charge in [0.15, 0.2) is 0 Å². The molecule has 3 rings (SSSR count). The van der Waals surface area contributed by atoms with Gasteiger partial charge in [0.25, 0.3) is 0 Å². The molecule has 1 unspecified atom stereocenters. The number of carbonyl (C=O) groups excluding carboxylic acids is 1. The first-order valence-electron chi connectivity index (χ1n) is 8.24. The van der Waals surface area contributed by atoms with Crippen LogP contribution in [0.4, 0.5) is 9.18 Å². The zero-order valence-corrected chi connectivity index (χ0v) is 14.1. The monoisotopic (exact) mass is 320 g/mol. The maximum Gasteiger partial charge on any atom is 0.410 e. The molecule has 1 saturated heterocycles. The van der Waals surface area contributed by atoms with Gasteiger partial charge in [-0.25, -0.2) is 9.18 Å². The number of halogens is 1. The van der Waals surface area contributed by atoms with Crippen LogP contribution in [-0.2, 0) is 10.2 Å². The van der Waals surface area contributed by atoms with Gasteiger partial charge in [-0.2, -0.15) is 0 Å². The highest BCUT2D eigenvalue weighted by atomic mass is 19.1. The van der Waals surface area contributed by atoms with Crippen LogP contribution in [0.2, 0.25) is 0 Å². The summed E-state index contributed by atoms with van der Waals surface area (Å²) < 4.78 is 19.5. The molecular weight excluding hydrogens is 295 g/mol. The summed E-state index contributed by atoms with van der Waals surface area (Å²) in [7, 11) is 0. The van der Waals surface area contributed by atoms with Gasteiger partial charge in [0.1, 0.15) is 11.4 Å². The Kier molecular flexibility index (Phi) is 3.87. The molecule has 1 aromatic rings. The van der Waals surface area contributed by atoms with Gasteiger partial charge < -0.3 is 15.4 Å². The van der Waals surface area contributed by atoms with Crippen LogP contribution in [0.25, 0.3) is 0 Å². The number of ether oxygens (including phenoxy) is 1. The van der Waals surface area contributed by atoms with Crippen LogP contribution >= 0.6 is 0 Å². The van der Waals surface area contributed by atoms with Crippen molar-refractivity contribution < 1.29 is 13.9 Å². The summed E-state index contributed by atoms with van der Waals surface area (Å²) in [5.41, 5.74) is 7.30. The summed E-state index contributed by atoms with van der Waals surface area (Å²) in [6.07, 6.45) is 2.09. The number of benzene rings is 1. The fourth-order valence-electron chi connectivity index (χ4n) is 3.93. The molecule has 5 heteroatoms. The highest BCUT2D eigenvalue weighted by molar-refractivity contribution is 5.68. The first-order valence-corrected chi connectivity index (χ1v) is 8.24. The molecule has 0 aromatic heterocycles. The van der Waals surface area contributed by atoms with E-state index >= 15 is 0 Å². The number of fused-ring (bicyclic) bond motifs is 2. The summed E-state index contributed by atoms with van der Waals surface area (Å²) in [6.45, 7) is 6.84. The number of amides is 1. The van der Waals surface area contributed by atoms with E-state index in [4.69, 9.17) is 10.5 Å². The van der Waals surface area contributed by atoms with Crippen molar-refractivity contribution in [1.29, 1.82) is 0 Å². The third-order valence-electron chi connectivity index (χ3n) is 4.98. The van der Waals surface area contributed by atoms with Crippen LogP contribution in [0.15, 0.2) is 18.2 Å². The van der Waals surface area contributed by atoms with E-state index in [1.165, 1.54) is 6.07 Å². The van der Waals surface area contributed by atoms with Crippen LogP contribution in [0.3, 0.4) is 0 Å². The van der Waals surface area contributed by atoms with Gasteiger partial charge in [-0.1, -0.05) is 12.1 Å². The first kappa shape index (κ1) is 16.2. The Labute approximate surface area is 136 Å². The molecule has 1 heterocycles. The largest absolute Gasteiger partial charge is 0.444 e. The van der Waals surface area contributed by atoms with Gasteiger partial charge in [-0.05, 0) is 51.7 Å². The summed E-state index contributed by atoms with van der Waals surface area (Å²) in [4.78, 5) is 13.9. The van der Waals surface area contributed by atoms with Crippen LogP contribution in [0.1, 0.15) is 57.2 Å². The predicted octanol–water partition coefficient (Wildman–Crippen LogP) is 3.50. The molecule has 0 saturated carbocycles. The van der Waals surface area contributed by atoms with E-state index in [1.54, 1.807) is 11.0 Å². The highest BCUT2D eigenvalue weighted by Gasteiger charge is 2.46. The number of hydrogen-bond donors (Lipinski definition) is 1. The van der Waals surface area contributed by atoms with Crippen LogP contribution < -0.4 is 5.73 Å². The highest BCUT2D eigenvalue weighted by Crippen LogP contribution is 2.50. The summed E-state index contributed by atoms with van der Waals surface area (Å²) in [6, 6.07) is 4.98. The lowest BCUT2D eigenvalue weighted by Gasteiger charge is -2.40. The maximum atomic E-state index is 14.1. The van der Waals surface area contributed by atoms with Crippen molar-refractivity contribution in [3.8, 4) is 0 Å². The van der Waals surface area contributed by atoms with E-state index in [0.29, 0.717) is 18.7 Å². The molecule has 1 aromatic carbocycles. The van der Waals surface area contributed by atoms with Crippen LogP contribution in [-0.4, -0.2) is 29.7 Å². The molecular formula is C18H25FN2O2. The summed E-state index contributed by atoms with van der Waals surface area (Å²) >= 11 is 0. The summed E-state index contributed by atoms with van der Waals surface area (Å²) in [5, 5.41) is 0. The van der Waals surface area contributed by atoms with Crippen LogP contribution in [0.5, 0.6) is 0 Å². The number of likely N-dealkylation sites (tertiary alicyclic amines) is 1. The smallest absolute Gasteiger partial charge is 0.410 e. The fourth-order valence-corrected chi connectivity index (χ4v) is 3.93. The molecule has 1 aliphatic carbocycles. The molecule has 126 valence electrons. The Bertz CT molecular complexity index is 616. The van der Waals surface area contributed by atoms with Crippen molar-refractivity contribution >= 4 is 6.09 Å². The van der Waals surface area contributed by atoms with Gasteiger partial charge in [0, 0.05) is 30.1 Å². The predicted molar refractivity (Wildman–Crippen MR) is 86.7 cm³/mol. The molecule has 23 heavy (non-hydrogen) atoms. The lowest BCUT2D eigenvalue weighted by atomic mass is 9.73. The molecule has 1 spiro atoms. The fraction of sp³-hybridized carbons (Fsp3) is 0.611. The number of carbonyl (C=O) groups is 1. The molecule has 0 radical (unpaired) electrons. The van der Waals surface area contributed by atoms with Crippen LogP contribution in [0, 0.1) is 5.82 Å². The lowest BCUT2D eigenvalue weighted by Crippen LogP contribution is -2.46. The van der Waals surface area contributed by atoms with E-state index in [0.717, 1.165) is 24.8 Å². The molecule has 1 atom stereocenters. The second-order valence-electron chi connectivity index (χ2n) is 7.76. The minimum Gasteiger partial charge on any atom is -0.444 e. The first-order chi connectivity index (χ1) is 10.7. The topological polar surface area (TPSA) is 55.6 Å². The van der Waals surface area contributed by atoms with Crippen molar-refractivity contribution in [3.63, 3.8) is 0 Å². The maximum absolute atomic E-state index is 14.1. The Morgan fingerprint density at radius 3 is 2.61 bits per heavy atom. The number of nitrogens with two attached hydrogens (primary N) is 1. The van der Waals surface area contributed by atoms with E-state index in [1.807, 2.05) is 26.8 Å². The SMILES string of the molecule is CC(C)(C)OC(=O)N1CCC2(CC1)CC(N)c1c(F)cccc12. The van der Waals surface area contributed by atoms with Crippen molar-refractivity contribution in [1.82, 2.24) is 4.90 Å². The van der Waals surface area contributed by atoms with Gasteiger partial charge in [-0.15, -0.1) is 0 Å². The number of hydrogen-bond acceptors (Lipinski definition) is 3. The number of rotatable bonds is 0. The Hall–Kier alpha value is -1.62. The number of piperidine rings is 1. The van der Waals surface area contributed by atoms with Crippen molar-refractivity contribution in [2.75, 3.05) is 13.1 Å². The average Bonchev–Trinajstić information content (AvgIpc) is 2.72. The molecule has 1 fully saturated rings. The molecule has 4 nitrogen and oxygen atoms in total. The van der Waals surface area contributed by atoms with E-state index in [-0.39, 0.29) is 23.4 Å². The lowest BCUT2D eigenvalue weighted by molar-refractivity contribution is 0.0162. The second kappa shape index (κ2) is 5.48. The van der Waals surface area contributed by atoms with E-state index < -0.39 is 5.60 Å². The van der Waals surface area contributed by atoms with Gasteiger partial charge in [0.05, 0.1) is 0 Å². The third-order valence-corrected chi connectivity index (χ3v) is 4.98. The van der Waals surface area contributed by atoms with Crippen molar-refractivity contribution in [2.24, 2.45) is 5.73 Å². The van der Waals surface area contributed by atoms with Crippen molar-refractivity contribution in [3.05, 3.63) is 35.1 Å². The minimum absolute atomic E-state index is 0.102. The third kappa shape index (κ3) is 2.94. The molecule has 2 N–H and O–H groups in total. The molecule has 0 bridgehead atoms. The Balaban J connectivity index is 1.75. The second-order valence-corrected chi connectivity index (χ2v) is 7.76. The zero-order chi connectivity index (χ0) is 16.8. The van der Waals surface area contributed by atoms with Gasteiger partial charge in [0.2, 0.25) is 0 Å². The van der Waals surface area contributed by atoms with Crippen molar-refractivity contribution in [2.45, 2.75) is 57.1 Å². The quantitative estimate of drug-likeness (QED) is 0.796. The number of nitrogens with zero attached hydrogens (tertiary/aromatic N) is 1. The standard InChI is InChI=1S/C18H25FN2O2/c1-17(2,3)23-16(22)21-9-7-18(8-10-21)11-14(20)15-12(18)5-4-6-13(15)19/h4-6,14H,7-11,20H2,1-3H3.